The lowest BCUT2D eigenvalue weighted by Gasteiger charge is -2.18. The molecule has 76 heavy (non-hydrogen) atoms. The van der Waals surface area contributed by atoms with Gasteiger partial charge in [-0.3, -0.25) is 14.4 Å². The zero-order chi connectivity index (χ0) is 55.0. The van der Waals surface area contributed by atoms with E-state index < -0.39 is 6.10 Å². The van der Waals surface area contributed by atoms with Crippen molar-refractivity contribution in [3.05, 3.63) is 109 Å². The zero-order valence-corrected chi connectivity index (χ0v) is 49.7. The van der Waals surface area contributed by atoms with Crippen LogP contribution in [0.4, 0.5) is 0 Å². The summed E-state index contributed by atoms with van der Waals surface area (Å²) in [6, 6.07) is 0. The summed E-state index contributed by atoms with van der Waals surface area (Å²) in [5.41, 5.74) is 0. The third-order valence-corrected chi connectivity index (χ3v) is 13.5. The van der Waals surface area contributed by atoms with Crippen molar-refractivity contribution in [1.29, 1.82) is 0 Å². The topological polar surface area (TPSA) is 78.9 Å². The van der Waals surface area contributed by atoms with Gasteiger partial charge in [-0.2, -0.15) is 0 Å². The molecule has 0 saturated carbocycles. The summed E-state index contributed by atoms with van der Waals surface area (Å²) in [6.07, 6.45) is 87.0. The van der Waals surface area contributed by atoms with Crippen LogP contribution in [0.15, 0.2) is 109 Å². The van der Waals surface area contributed by atoms with E-state index in [9.17, 15) is 14.4 Å². The summed E-state index contributed by atoms with van der Waals surface area (Å²) in [6.45, 7) is 6.48. The predicted octanol–water partition coefficient (Wildman–Crippen LogP) is 21.8. The molecule has 1 unspecified atom stereocenters. The molecule has 0 aliphatic rings. The molecule has 0 aromatic heterocycles. The Labute approximate surface area is 470 Å². The van der Waals surface area contributed by atoms with Crippen molar-refractivity contribution in [1.82, 2.24) is 0 Å². The molecule has 6 nitrogen and oxygen atoms in total. The third-order valence-electron chi connectivity index (χ3n) is 13.5. The third kappa shape index (κ3) is 60.9. The van der Waals surface area contributed by atoms with Crippen LogP contribution in [-0.2, 0) is 28.6 Å². The van der Waals surface area contributed by atoms with Crippen molar-refractivity contribution in [3.8, 4) is 0 Å². The molecule has 0 N–H and O–H groups in total. The second-order valence-corrected chi connectivity index (χ2v) is 21.0. The standard InChI is InChI=1S/C70H118O6/c1-4-7-10-13-16-18-20-22-24-26-27-28-29-30-31-32-33-34-35-36-37-38-39-40-41-42-43-45-46-48-50-52-54-57-60-63-69(72)75-66-67(65-74-68(71)62-59-56-15-12-9-6-3)76-70(73)64-61-58-55-53-51-49-47-44-25-23-21-19-17-14-11-8-5-2/h7,10,16,18,22,24,27-28,30-31,33-34,36-37,39-40,42-43,67H,4-6,8-9,11-15,17,19-21,23,25-26,29,32,35,38,41,44-66H2,1-3H3/b10-7-,18-16-,24-22-,28-27-,31-30-,34-33-,37-36-,40-39-,43-42-. The Morgan fingerprint density at radius 3 is 0.803 bits per heavy atom. The molecule has 0 aliphatic carbocycles. The van der Waals surface area contributed by atoms with Crippen LogP contribution >= 0.6 is 0 Å². The average Bonchev–Trinajstić information content (AvgIpc) is 3.42. The highest BCUT2D eigenvalue weighted by Crippen LogP contribution is 2.16. The Bertz CT molecular complexity index is 1540. The molecule has 0 spiro atoms. The van der Waals surface area contributed by atoms with E-state index in [1.54, 1.807) is 0 Å². The molecule has 1 atom stereocenters. The smallest absolute Gasteiger partial charge is 0.306 e. The fraction of sp³-hybridized carbons (Fsp3) is 0.700. The molecule has 0 radical (unpaired) electrons. The van der Waals surface area contributed by atoms with E-state index in [0.29, 0.717) is 19.3 Å². The Morgan fingerprint density at radius 2 is 0.513 bits per heavy atom. The van der Waals surface area contributed by atoms with Crippen molar-refractivity contribution >= 4 is 17.9 Å². The van der Waals surface area contributed by atoms with E-state index in [0.717, 1.165) is 122 Å². The van der Waals surface area contributed by atoms with Gasteiger partial charge in [0, 0.05) is 19.3 Å². The minimum absolute atomic E-state index is 0.0787. The van der Waals surface area contributed by atoms with Gasteiger partial charge >= 0.3 is 17.9 Å². The van der Waals surface area contributed by atoms with Crippen LogP contribution in [-0.4, -0.2) is 37.2 Å². The van der Waals surface area contributed by atoms with Crippen LogP contribution in [0.25, 0.3) is 0 Å². The first-order chi connectivity index (χ1) is 37.5. The summed E-state index contributed by atoms with van der Waals surface area (Å²) in [5, 5.41) is 0. The highest BCUT2D eigenvalue weighted by atomic mass is 16.6. The fourth-order valence-electron chi connectivity index (χ4n) is 8.79. The maximum Gasteiger partial charge on any atom is 0.306 e. The Kier molecular flexibility index (Phi) is 60.3. The largest absolute Gasteiger partial charge is 0.462 e. The predicted molar refractivity (Wildman–Crippen MR) is 330 cm³/mol. The zero-order valence-electron chi connectivity index (χ0n) is 49.7. The number of esters is 3. The highest BCUT2D eigenvalue weighted by Gasteiger charge is 2.19. The lowest BCUT2D eigenvalue weighted by molar-refractivity contribution is -0.167. The first kappa shape index (κ1) is 72.1. The number of hydrogen-bond donors (Lipinski definition) is 0. The van der Waals surface area contributed by atoms with E-state index in [4.69, 9.17) is 14.2 Å². The second-order valence-electron chi connectivity index (χ2n) is 21.0. The number of carbonyl (C=O) groups excluding carboxylic acids is 3. The van der Waals surface area contributed by atoms with Gasteiger partial charge in [-0.25, -0.2) is 0 Å². The van der Waals surface area contributed by atoms with E-state index in [1.165, 1.54) is 135 Å². The van der Waals surface area contributed by atoms with E-state index >= 15 is 0 Å². The SMILES string of the molecule is CC/C=C\C/C=C\C/C=C\C/C=C\C/C=C\C/C=C\C/C=C\C/C=C\C/C=C\CCCCCCCCCC(=O)OCC(COC(=O)CCCCCCCC)OC(=O)CCCCCCCCCCCCCCCCCCC. The van der Waals surface area contributed by atoms with Crippen molar-refractivity contribution in [2.24, 2.45) is 0 Å². The molecule has 0 heterocycles. The first-order valence-electron chi connectivity index (χ1n) is 31.9. The number of unbranched alkanes of at least 4 members (excludes halogenated alkanes) is 28. The lowest BCUT2D eigenvalue weighted by Crippen LogP contribution is -2.30. The monoisotopic (exact) mass is 1050 g/mol. The molecule has 0 aromatic rings. The van der Waals surface area contributed by atoms with Crippen molar-refractivity contribution in [2.45, 2.75) is 303 Å². The molecule has 0 bridgehead atoms. The van der Waals surface area contributed by atoms with Crippen molar-refractivity contribution in [3.63, 3.8) is 0 Å². The second kappa shape index (κ2) is 63.6. The van der Waals surface area contributed by atoms with Gasteiger partial charge in [0.1, 0.15) is 13.2 Å². The quantitative estimate of drug-likeness (QED) is 0.0261. The Balaban J connectivity index is 4.10. The maximum atomic E-state index is 12.8. The Hall–Kier alpha value is -3.93. The normalized spacial score (nSPS) is 12.8. The summed E-state index contributed by atoms with van der Waals surface area (Å²) in [4.78, 5) is 38.0. The van der Waals surface area contributed by atoms with Gasteiger partial charge in [0.15, 0.2) is 6.10 Å². The molecule has 434 valence electrons. The first-order valence-corrected chi connectivity index (χ1v) is 31.9. The van der Waals surface area contributed by atoms with Crippen LogP contribution in [0.5, 0.6) is 0 Å². The van der Waals surface area contributed by atoms with Crippen molar-refractivity contribution < 1.29 is 28.6 Å². The van der Waals surface area contributed by atoms with E-state index in [-0.39, 0.29) is 31.1 Å². The minimum atomic E-state index is -0.778. The van der Waals surface area contributed by atoms with Gasteiger partial charge in [-0.05, 0) is 89.9 Å². The number of allylic oxidation sites excluding steroid dienone is 18. The molecule has 6 heteroatoms. The van der Waals surface area contributed by atoms with Crippen LogP contribution in [0.1, 0.15) is 297 Å². The highest BCUT2D eigenvalue weighted by molar-refractivity contribution is 5.71. The van der Waals surface area contributed by atoms with Gasteiger partial charge in [0.2, 0.25) is 0 Å². The van der Waals surface area contributed by atoms with Gasteiger partial charge in [0.25, 0.3) is 0 Å². The van der Waals surface area contributed by atoms with Gasteiger partial charge in [0.05, 0.1) is 0 Å². The van der Waals surface area contributed by atoms with Crippen LogP contribution in [0.2, 0.25) is 0 Å². The van der Waals surface area contributed by atoms with Gasteiger partial charge in [-0.1, -0.05) is 297 Å². The summed E-state index contributed by atoms with van der Waals surface area (Å²) < 4.78 is 16.8. The lowest BCUT2D eigenvalue weighted by atomic mass is 10.0. The molecular formula is C70H118O6. The van der Waals surface area contributed by atoms with E-state index in [1.807, 2.05) is 0 Å². The molecule has 0 amide bonds. The summed E-state index contributed by atoms with van der Waals surface area (Å²) >= 11 is 0. The van der Waals surface area contributed by atoms with Gasteiger partial charge < -0.3 is 14.2 Å². The summed E-state index contributed by atoms with van der Waals surface area (Å²) in [7, 11) is 0. The Morgan fingerprint density at radius 1 is 0.276 bits per heavy atom. The molecule has 0 saturated heterocycles. The molecule has 0 aromatic carbocycles. The van der Waals surface area contributed by atoms with Gasteiger partial charge in [-0.15, -0.1) is 0 Å². The molecular weight excluding hydrogens is 937 g/mol. The maximum absolute atomic E-state index is 12.8. The number of carbonyl (C=O) groups is 3. The summed E-state index contributed by atoms with van der Waals surface area (Å²) in [5.74, 6) is -0.892. The molecule has 0 aliphatic heterocycles. The molecule has 0 rings (SSSR count). The average molecular weight is 1060 g/mol. The number of ether oxygens (including phenoxy) is 3. The number of rotatable bonds is 57. The number of hydrogen-bond acceptors (Lipinski definition) is 6. The van der Waals surface area contributed by atoms with Crippen LogP contribution in [0, 0.1) is 0 Å². The fourth-order valence-corrected chi connectivity index (χ4v) is 8.79. The minimum Gasteiger partial charge on any atom is -0.462 e. The van der Waals surface area contributed by atoms with E-state index in [2.05, 4.69) is 130 Å². The van der Waals surface area contributed by atoms with Crippen molar-refractivity contribution in [2.75, 3.05) is 13.2 Å². The van der Waals surface area contributed by atoms with Crippen LogP contribution in [0.3, 0.4) is 0 Å². The van der Waals surface area contributed by atoms with Crippen LogP contribution < -0.4 is 0 Å². The molecule has 0 fully saturated rings.